The van der Waals surface area contributed by atoms with Crippen molar-refractivity contribution in [2.75, 3.05) is 13.2 Å². The molecule has 1 aliphatic carbocycles. The van der Waals surface area contributed by atoms with E-state index in [1.807, 2.05) is 0 Å². The molecule has 2 N–H and O–H groups in total. The Balaban J connectivity index is 1.30. The van der Waals surface area contributed by atoms with E-state index >= 15 is 4.39 Å². The molecule has 1 saturated carbocycles. The van der Waals surface area contributed by atoms with Gasteiger partial charge in [-0.15, -0.1) is 0 Å². The number of imide groups is 1. The fourth-order valence-electron chi connectivity index (χ4n) is 5.93. The second-order valence-electron chi connectivity index (χ2n) is 9.87. The van der Waals surface area contributed by atoms with Gasteiger partial charge in [0.25, 0.3) is 5.91 Å². The second-order valence-corrected chi connectivity index (χ2v) is 9.87. The molecule has 3 amide bonds. The van der Waals surface area contributed by atoms with Crippen molar-refractivity contribution < 1.29 is 23.5 Å². The van der Waals surface area contributed by atoms with Gasteiger partial charge in [-0.3, -0.25) is 19.7 Å². The number of benzene rings is 1. The van der Waals surface area contributed by atoms with Crippen LogP contribution in [0.3, 0.4) is 0 Å². The number of amides is 3. The van der Waals surface area contributed by atoms with Gasteiger partial charge in [0.15, 0.2) is 0 Å². The molecule has 178 valence electrons. The summed E-state index contributed by atoms with van der Waals surface area (Å²) in [4.78, 5) is 38.1. The van der Waals surface area contributed by atoms with Gasteiger partial charge in [0.2, 0.25) is 11.8 Å². The quantitative estimate of drug-likeness (QED) is 0.664. The van der Waals surface area contributed by atoms with E-state index in [4.69, 9.17) is 4.74 Å². The maximum atomic E-state index is 15.6. The van der Waals surface area contributed by atoms with Gasteiger partial charge in [-0.05, 0) is 56.1 Å². The first-order chi connectivity index (χ1) is 16.0. The Kier molecular flexibility index (Phi) is 6.47. The summed E-state index contributed by atoms with van der Waals surface area (Å²) in [5.74, 6) is -1.09. The molecule has 0 spiro atoms. The summed E-state index contributed by atoms with van der Waals surface area (Å²) in [5, 5.41) is 6.12. The van der Waals surface area contributed by atoms with Crippen molar-refractivity contribution in [3.63, 3.8) is 0 Å². The van der Waals surface area contributed by atoms with Crippen LogP contribution >= 0.6 is 0 Å². The fourth-order valence-corrected chi connectivity index (χ4v) is 5.93. The number of fused-ring (bicyclic) bond motifs is 1. The predicted octanol–water partition coefficient (Wildman–Crippen LogP) is 2.46. The van der Waals surface area contributed by atoms with E-state index in [9.17, 15) is 14.4 Å². The number of carbonyl (C=O) groups excluding carboxylic acids is 3. The SMILES string of the molecule is O=C1CCC(N2Cc3c(ccc(C[C@H]4CCCC[C@@H]4NC4CCOCC4)c3F)C2=O)C(=O)N1. The molecule has 1 aromatic rings. The van der Waals surface area contributed by atoms with Gasteiger partial charge in [-0.1, -0.05) is 18.9 Å². The van der Waals surface area contributed by atoms with Crippen LogP contribution in [0.5, 0.6) is 0 Å². The molecule has 1 unspecified atom stereocenters. The molecule has 3 atom stereocenters. The molecule has 3 heterocycles. The largest absolute Gasteiger partial charge is 0.381 e. The first-order valence-corrected chi connectivity index (χ1v) is 12.3. The predicted molar refractivity (Wildman–Crippen MR) is 119 cm³/mol. The average Bonchev–Trinajstić information content (AvgIpc) is 3.14. The van der Waals surface area contributed by atoms with Gasteiger partial charge in [0.1, 0.15) is 11.9 Å². The van der Waals surface area contributed by atoms with Crippen LogP contribution in [0.25, 0.3) is 0 Å². The highest BCUT2D eigenvalue weighted by Gasteiger charge is 2.40. The van der Waals surface area contributed by atoms with Gasteiger partial charge in [-0.2, -0.15) is 0 Å². The Morgan fingerprint density at radius 1 is 1.06 bits per heavy atom. The van der Waals surface area contributed by atoms with Crippen LogP contribution in [-0.4, -0.2) is 54.0 Å². The smallest absolute Gasteiger partial charge is 0.255 e. The minimum absolute atomic E-state index is 0.0779. The first kappa shape index (κ1) is 22.5. The van der Waals surface area contributed by atoms with Gasteiger partial charge >= 0.3 is 0 Å². The lowest BCUT2D eigenvalue weighted by molar-refractivity contribution is -0.136. The summed E-state index contributed by atoms with van der Waals surface area (Å²) in [6, 6.07) is 3.58. The Hall–Kier alpha value is -2.32. The summed E-state index contributed by atoms with van der Waals surface area (Å²) in [5.41, 5.74) is 1.37. The van der Waals surface area contributed by atoms with Crippen LogP contribution in [-0.2, 0) is 27.3 Å². The normalized spacial score (nSPS) is 28.7. The molecule has 3 aliphatic heterocycles. The van der Waals surface area contributed by atoms with Crippen LogP contribution in [0.4, 0.5) is 4.39 Å². The van der Waals surface area contributed by atoms with Gasteiger partial charge < -0.3 is 15.0 Å². The van der Waals surface area contributed by atoms with E-state index in [1.54, 1.807) is 12.1 Å². The molecule has 7 nitrogen and oxygen atoms in total. The summed E-state index contributed by atoms with van der Waals surface area (Å²) in [6.07, 6.45) is 7.68. The molecular formula is C25H32FN3O4. The van der Waals surface area contributed by atoms with Crippen molar-refractivity contribution in [2.45, 2.75) is 82.5 Å². The fraction of sp³-hybridized carbons (Fsp3) is 0.640. The topological polar surface area (TPSA) is 87.7 Å². The molecule has 0 radical (unpaired) electrons. The van der Waals surface area contributed by atoms with E-state index in [2.05, 4.69) is 10.6 Å². The third-order valence-corrected chi connectivity index (χ3v) is 7.79. The molecular weight excluding hydrogens is 425 g/mol. The van der Waals surface area contributed by atoms with E-state index in [0.29, 0.717) is 41.1 Å². The maximum Gasteiger partial charge on any atom is 0.255 e. The lowest BCUT2D eigenvalue weighted by atomic mass is 9.79. The van der Waals surface area contributed by atoms with Crippen molar-refractivity contribution in [2.24, 2.45) is 5.92 Å². The lowest BCUT2D eigenvalue weighted by Gasteiger charge is -2.36. The molecule has 33 heavy (non-hydrogen) atoms. The third kappa shape index (κ3) is 4.55. The van der Waals surface area contributed by atoms with Crippen molar-refractivity contribution >= 4 is 17.7 Å². The van der Waals surface area contributed by atoms with Crippen molar-refractivity contribution in [3.05, 3.63) is 34.6 Å². The van der Waals surface area contributed by atoms with Crippen LogP contribution in [0.15, 0.2) is 12.1 Å². The number of rotatable bonds is 5. The summed E-state index contributed by atoms with van der Waals surface area (Å²) in [6.45, 7) is 1.67. The van der Waals surface area contributed by atoms with Crippen molar-refractivity contribution in [1.29, 1.82) is 0 Å². The molecule has 2 saturated heterocycles. The van der Waals surface area contributed by atoms with Gasteiger partial charge in [-0.25, -0.2) is 4.39 Å². The van der Waals surface area contributed by atoms with Gasteiger partial charge in [0, 0.05) is 42.8 Å². The van der Waals surface area contributed by atoms with Crippen molar-refractivity contribution in [3.8, 4) is 0 Å². The van der Waals surface area contributed by atoms with Gasteiger partial charge in [0.05, 0.1) is 6.54 Å². The Morgan fingerprint density at radius 2 is 1.85 bits per heavy atom. The van der Waals surface area contributed by atoms with Crippen LogP contribution in [0.1, 0.15) is 72.9 Å². The van der Waals surface area contributed by atoms with E-state index < -0.39 is 11.9 Å². The van der Waals surface area contributed by atoms with E-state index in [0.717, 1.165) is 45.3 Å². The molecule has 4 aliphatic rings. The molecule has 1 aromatic carbocycles. The van der Waals surface area contributed by atoms with Crippen LogP contribution < -0.4 is 10.6 Å². The third-order valence-electron chi connectivity index (χ3n) is 7.79. The van der Waals surface area contributed by atoms with Crippen LogP contribution in [0, 0.1) is 11.7 Å². The Morgan fingerprint density at radius 3 is 2.64 bits per heavy atom. The highest BCUT2D eigenvalue weighted by Crippen LogP contribution is 2.34. The zero-order valence-electron chi connectivity index (χ0n) is 18.9. The number of hydrogen-bond donors (Lipinski definition) is 2. The number of ether oxygens (including phenoxy) is 1. The Labute approximate surface area is 193 Å². The van der Waals surface area contributed by atoms with Crippen LogP contribution in [0.2, 0.25) is 0 Å². The summed E-state index contributed by atoms with van der Waals surface area (Å²) < 4.78 is 21.1. The number of hydrogen-bond acceptors (Lipinski definition) is 5. The molecule has 5 rings (SSSR count). The zero-order valence-corrected chi connectivity index (χ0v) is 18.9. The maximum absolute atomic E-state index is 15.6. The lowest BCUT2D eigenvalue weighted by Crippen LogP contribution is -2.52. The minimum Gasteiger partial charge on any atom is -0.381 e. The average molecular weight is 458 g/mol. The molecule has 3 fully saturated rings. The zero-order chi connectivity index (χ0) is 22.9. The highest BCUT2D eigenvalue weighted by molar-refractivity contribution is 6.05. The molecule has 0 bridgehead atoms. The number of halogens is 1. The highest BCUT2D eigenvalue weighted by atomic mass is 19.1. The summed E-state index contributed by atoms with van der Waals surface area (Å²) in [7, 11) is 0. The number of piperidine rings is 1. The Bertz CT molecular complexity index is 946. The molecule has 8 heteroatoms. The first-order valence-electron chi connectivity index (χ1n) is 12.3. The molecule has 0 aromatic heterocycles. The standard InChI is InChI=1S/C25H32FN3O4/c26-23-16(13-15-3-1-2-4-20(15)27-17-9-11-33-12-10-17)5-6-18-19(23)14-29(25(18)32)21-7-8-22(30)28-24(21)31/h5-6,15,17,20-21,27H,1-4,7-14H2,(H,28,30,31)/t15-,20+,21?/m1/s1. The second kappa shape index (κ2) is 9.50. The van der Waals surface area contributed by atoms with Crippen molar-refractivity contribution in [1.82, 2.24) is 15.5 Å². The van der Waals surface area contributed by atoms with E-state index in [1.165, 1.54) is 11.3 Å². The number of nitrogens with zero attached hydrogens (tertiary/aromatic N) is 1. The summed E-state index contributed by atoms with van der Waals surface area (Å²) >= 11 is 0. The monoisotopic (exact) mass is 457 g/mol. The van der Waals surface area contributed by atoms with E-state index in [-0.39, 0.29) is 37.0 Å². The number of nitrogens with one attached hydrogen (secondary N) is 2. The number of carbonyl (C=O) groups is 3. The minimum atomic E-state index is -0.725.